The predicted molar refractivity (Wildman–Crippen MR) is 82.1 cm³/mol. The zero-order valence-electron chi connectivity index (χ0n) is 13.5. The monoisotopic (exact) mass is 327 g/mol. The highest BCUT2D eigenvalue weighted by Gasteiger charge is 2.36. The lowest BCUT2D eigenvalue weighted by atomic mass is 9.94. The second-order valence-corrected chi connectivity index (χ2v) is 10.9. The molecule has 122 valence electrons. The van der Waals surface area contributed by atoms with Crippen LogP contribution in [0.1, 0.15) is 33.6 Å². The van der Waals surface area contributed by atoms with Crippen molar-refractivity contribution in [3.63, 3.8) is 0 Å². The molecule has 0 saturated carbocycles. The van der Waals surface area contributed by atoms with E-state index in [-0.39, 0.29) is 11.2 Å². The Bertz CT molecular complexity index is 354. The normalized spacial score (nSPS) is 13.7. The van der Waals surface area contributed by atoms with Gasteiger partial charge in [0, 0.05) is 33.9 Å². The lowest BCUT2D eigenvalue weighted by Gasteiger charge is -2.24. The molecule has 0 aromatic carbocycles. The molecule has 0 aliphatic rings. The van der Waals surface area contributed by atoms with Crippen LogP contribution in [0.3, 0.4) is 0 Å². The van der Waals surface area contributed by atoms with Gasteiger partial charge in [-0.2, -0.15) is 0 Å². The molecule has 0 aliphatic heterocycles. The van der Waals surface area contributed by atoms with Gasteiger partial charge in [0.15, 0.2) is 0 Å². The summed E-state index contributed by atoms with van der Waals surface area (Å²) in [5, 5.41) is 0. The van der Waals surface area contributed by atoms with Crippen molar-refractivity contribution >= 4 is 18.8 Å². The van der Waals surface area contributed by atoms with E-state index >= 15 is 0 Å². The summed E-state index contributed by atoms with van der Waals surface area (Å²) in [6, 6.07) is 0.582. The van der Waals surface area contributed by atoms with E-state index in [9.17, 15) is 8.42 Å². The first-order valence-corrected chi connectivity index (χ1v) is 10.3. The summed E-state index contributed by atoms with van der Waals surface area (Å²) in [6.07, 6.45) is 1.26. The highest BCUT2D eigenvalue weighted by Crippen LogP contribution is 2.19. The van der Waals surface area contributed by atoms with E-state index in [4.69, 9.17) is 13.3 Å². The van der Waals surface area contributed by atoms with Crippen molar-refractivity contribution in [1.82, 2.24) is 4.72 Å². The Labute approximate surface area is 124 Å². The Balaban J connectivity index is 4.11. The predicted octanol–water partition coefficient (Wildman–Crippen LogP) is 1.61. The van der Waals surface area contributed by atoms with Gasteiger partial charge >= 0.3 is 8.80 Å². The molecule has 0 aliphatic carbocycles. The fraction of sp³-hybridized carbons (Fsp3) is 1.00. The van der Waals surface area contributed by atoms with E-state index in [1.165, 1.54) is 0 Å². The Morgan fingerprint density at radius 1 is 1.05 bits per heavy atom. The molecule has 6 nitrogen and oxygen atoms in total. The molecule has 0 aromatic heterocycles. The maximum atomic E-state index is 11.8. The Kier molecular flexibility index (Phi) is 8.45. The van der Waals surface area contributed by atoms with Crippen molar-refractivity contribution in [2.75, 3.05) is 33.6 Å². The Hall–Kier alpha value is 0.00688. The first-order chi connectivity index (χ1) is 9.10. The Morgan fingerprint density at radius 2 is 1.55 bits per heavy atom. The summed E-state index contributed by atoms with van der Waals surface area (Å²) < 4.78 is 42.1. The standard InChI is InChI=1S/C12H29NO5SSi/c1-12(2,3)8-10-19(14,15)13-9-7-11-20(16-4,17-5)18-6/h13H,7-11H2,1-6H3. The molecule has 0 fully saturated rings. The van der Waals surface area contributed by atoms with Crippen molar-refractivity contribution in [2.24, 2.45) is 5.41 Å². The molecule has 0 radical (unpaired) electrons. The van der Waals surface area contributed by atoms with Crippen molar-refractivity contribution < 1.29 is 21.7 Å². The van der Waals surface area contributed by atoms with Gasteiger partial charge < -0.3 is 13.3 Å². The summed E-state index contributed by atoms with van der Waals surface area (Å²) in [5.74, 6) is 0.151. The molecule has 0 unspecified atom stereocenters. The van der Waals surface area contributed by atoms with E-state index in [0.717, 1.165) is 0 Å². The number of hydrogen-bond acceptors (Lipinski definition) is 5. The molecule has 0 saturated heterocycles. The topological polar surface area (TPSA) is 73.9 Å². The van der Waals surface area contributed by atoms with Crippen LogP contribution in [0, 0.1) is 5.41 Å². The maximum Gasteiger partial charge on any atom is 0.500 e. The molecular weight excluding hydrogens is 298 g/mol. The number of nitrogens with one attached hydrogen (secondary N) is 1. The molecule has 0 aromatic rings. The van der Waals surface area contributed by atoms with Crippen molar-refractivity contribution in [2.45, 2.75) is 39.7 Å². The van der Waals surface area contributed by atoms with Crippen LogP contribution in [0.2, 0.25) is 6.04 Å². The molecule has 0 rings (SSSR count). The maximum absolute atomic E-state index is 11.8. The quantitative estimate of drug-likeness (QED) is 0.487. The number of sulfonamides is 1. The van der Waals surface area contributed by atoms with Crippen LogP contribution >= 0.6 is 0 Å². The van der Waals surface area contributed by atoms with Gasteiger partial charge in [0.25, 0.3) is 0 Å². The SMILES string of the molecule is CO[Si](CCCNS(=O)(=O)CCC(C)(C)C)(OC)OC. The second kappa shape index (κ2) is 8.45. The van der Waals surface area contributed by atoms with Crippen molar-refractivity contribution in [3.05, 3.63) is 0 Å². The molecule has 0 amide bonds. The van der Waals surface area contributed by atoms with Gasteiger partial charge in [0.2, 0.25) is 10.0 Å². The van der Waals surface area contributed by atoms with Crippen LogP contribution in [0.5, 0.6) is 0 Å². The lowest BCUT2D eigenvalue weighted by molar-refractivity contribution is 0.123. The van der Waals surface area contributed by atoms with E-state index in [2.05, 4.69) is 4.72 Å². The summed E-state index contributed by atoms with van der Waals surface area (Å²) in [6.45, 7) is 6.45. The smallest absolute Gasteiger partial charge is 0.377 e. The van der Waals surface area contributed by atoms with Gasteiger partial charge in [0.05, 0.1) is 5.75 Å². The molecule has 0 bridgehead atoms. The van der Waals surface area contributed by atoms with E-state index < -0.39 is 18.8 Å². The third kappa shape index (κ3) is 8.33. The largest absolute Gasteiger partial charge is 0.500 e. The van der Waals surface area contributed by atoms with Crippen LogP contribution < -0.4 is 4.72 Å². The molecule has 0 atom stereocenters. The fourth-order valence-electron chi connectivity index (χ4n) is 1.60. The molecule has 0 heterocycles. The van der Waals surface area contributed by atoms with Crippen LogP contribution in [0.25, 0.3) is 0 Å². The number of rotatable bonds is 10. The zero-order chi connectivity index (χ0) is 15.9. The van der Waals surface area contributed by atoms with Gasteiger partial charge in [-0.1, -0.05) is 20.8 Å². The highest BCUT2D eigenvalue weighted by atomic mass is 32.2. The van der Waals surface area contributed by atoms with Crippen molar-refractivity contribution in [3.8, 4) is 0 Å². The summed E-state index contributed by atoms with van der Waals surface area (Å²) >= 11 is 0. The van der Waals surface area contributed by atoms with E-state index in [1.807, 2.05) is 20.8 Å². The van der Waals surface area contributed by atoms with Crippen molar-refractivity contribution in [1.29, 1.82) is 0 Å². The first-order valence-electron chi connectivity index (χ1n) is 6.72. The molecular formula is C12H29NO5SSi. The lowest BCUT2D eigenvalue weighted by Crippen LogP contribution is -2.43. The molecule has 1 N–H and O–H groups in total. The third-order valence-electron chi connectivity index (χ3n) is 3.04. The van der Waals surface area contributed by atoms with E-state index in [1.54, 1.807) is 21.3 Å². The summed E-state index contributed by atoms with van der Waals surface area (Å²) in [5.41, 5.74) is 0.0129. The average Bonchev–Trinajstić information content (AvgIpc) is 2.37. The molecule has 0 spiro atoms. The highest BCUT2D eigenvalue weighted by molar-refractivity contribution is 7.89. The Morgan fingerprint density at radius 3 is 1.95 bits per heavy atom. The number of hydrogen-bond donors (Lipinski definition) is 1. The molecule has 8 heteroatoms. The average molecular weight is 328 g/mol. The van der Waals surface area contributed by atoms with Gasteiger partial charge in [-0.15, -0.1) is 0 Å². The minimum absolute atomic E-state index is 0.0129. The van der Waals surface area contributed by atoms with Gasteiger partial charge in [-0.25, -0.2) is 13.1 Å². The fourth-order valence-corrected chi connectivity index (χ4v) is 4.80. The summed E-state index contributed by atoms with van der Waals surface area (Å²) in [7, 11) is -1.16. The minimum Gasteiger partial charge on any atom is -0.377 e. The zero-order valence-corrected chi connectivity index (χ0v) is 15.3. The van der Waals surface area contributed by atoms with E-state index in [0.29, 0.717) is 25.4 Å². The van der Waals surface area contributed by atoms with Crippen LogP contribution in [0.4, 0.5) is 0 Å². The molecule has 20 heavy (non-hydrogen) atoms. The van der Waals surface area contributed by atoms with Gasteiger partial charge in [-0.05, 0) is 18.3 Å². The van der Waals surface area contributed by atoms with Crippen LogP contribution in [-0.2, 0) is 23.3 Å². The van der Waals surface area contributed by atoms with Gasteiger partial charge in [-0.3, -0.25) is 0 Å². The van der Waals surface area contributed by atoms with Gasteiger partial charge in [0.1, 0.15) is 0 Å². The van der Waals surface area contributed by atoms with Crippen LogP contribution in [0.15, 0.2) is 0 Å². The summed E-state index contributed by atoms with van der Waals surface area (Å²) in [4.78, 5) is 0. The third-order valence-corrected chi connectivity index (χ3v) is 7.25. The minimum atomic E-state index is -3.21. The van der Waals surface area contributed by atoms with Crippen LogP contribution in [-0.4, -0.2) is 50.8 Å². The second-order valence-electron chi connectivity index (χ2n) is 5.92. The first kappa shape index (κ1) is 20.0.